The van der Waals surface area contributed by atoms with Crippen molar-refractivity contribution < 1.29 is 29.0 Å². The molecule has 3 aromatic rings. The number of amides is 3. The lowest BCUT2D eigenvalue weighted by Crippen LogP contribution is -2.37. The molecule has 0 radical (unpaired) electrons. The van der Waals surface area contributed by atoms with Gasteiger partial charge in [-0.25, -0.2) is 4.79 Å². The number of imide groups is 3. The van der Waals surface area contributed by atoms with E-state index in [2.05, 4.69) is 18.2 Å². The van der Waals surface area contributed by atoms with Gasteiger partial charge in [0.1, 0.15) is 5.75 Å². The molecule has 0 unspecified atom stereocenters. The van der Waals surface area contributed by atoms with Crippen molar-refractivity contribution in [2.75, 3.05) is 13.7 Å². The first kappa shape index (κ1) is 26.0. The maximum atomic E-state index is 13.2. The zero-order valence-electron chi connectivity index (χ0n) is 22.5. The number of fused-ring (bicyclic) bond motifs is 4. The minimum Gasteiger partial charge on any atom is -0.507 e. The first-order valence-corrected chi connectivity index (χ1v) is 13.6. The van der Waals surface area contributed by atoms with Crippen molar-refractivity contribution >= 4 is 40.3 Å². The van der Waals surface area contributed by atoms with E-state index in [1.165, 1.54) is 7.11 Å². The van der Waals surface area contributed by atoms with Crippen LogP contribution in [0.4, 0.5) is 4.79 Å². The van der Waals surface area contributed by atoms with E-state index in [-0.39, 0.29) is 17.8 Å². The first-order chi connectivity index (χ1) is 19.4. The number of likely N-dealkylation sites (tertiary alicyclic amines) is 1. The van der Waals surface area contributed by atoms with Crippen LogP contribution >= 0.6 is 0 Å². The summed E-state index contributed by atoms with van der Waals surface area (Å²) >= 11 is 0. The summed E-state index contributed by atoms with van der Waals surface area (Å²) in [6, 6.07) is 21.7. The van der Waals surface area contributed by atoms with Gasteiger partial charge in [-0.1, -0.05) is 72.3 Å². The highest BCUT2D eigenvalue weighted by molar-refractivity contribution is 6.16. The van der Waals surface area contributed by atoms with E-state index in [9.17, 15) is 19.5 Å². The van der Waals surface area contributed by atoms with Crippen LogP contribution in [0, 0.1) is 17.8 Å². The standard InChI is InChI=1S/C33H31NO6/c1-19-16-25-30(32(37)34(31(25)36)33(38)39-2)26-18-40-28(29(19)26)15-13-21(20-8-4-3-5-9-20)17-22-12-14-27(35)24-11-7-6-10-23(22)24/h3-12,14,17,25-26,28,30,35H,13,15-16,18H2,1-2H3/b21-17-/t25-,26+,28-,30-/m1/s1. The van der Waals surface area contributed by atoms with Gasteiger partial charge in [-0.3, -0.25) is 9.59 Å². The second kappa shape index (κ2) is 10.4. The topological polar surface area (TPSA) is 93.1 Å². The molecule has 3 amide bonds. The van der Waals surface area contributed by atoms with Crippen LogP contribution in [-0.2, 0) is 19.1 Å². The lowest BCUT2D eigenvalue weighted by atomic mass is 9.70. The largest absolute Gasteiger partial charge is 0.507 e. The van der Waals surface area contributed by atoms with E-state index >= 15 is 0 Å². The molecule has 2 aliphatic heterocycles. The van der Waals surface area contributed by atoms with E-state index in [1.807, 2.05) is 55.5 Å². The van der Waals surface area contributed by atoms with Gasteiger partial charge in [0.15, 0.2) is 0 Å². The van der Waals surface area contributed by atoms with Gasteiger partial charge in [0.25, 0.3) is 0 Å². The fourth-order valence-electron chi connectivity index (χ4n) is 6.76. The fraction of sp³-hybridized carbons (Fsp3) is 0.303. The number of hydrogen-bond acceptors (Lipinski definition) is 6. The second-order valence-electron chi connectivity index (χ2n) is 10.8. The molecule has 0 saturated carbocycles. The molecule has 3 aliphatic rings. The SMILES string of the molecule is COC(=O)N1C(=O)[C@@H]2[C@@H](CC(C)=C3[C@@H](CC/C(=C/c4ccc(O)c5ccccc45)c4ccccc4)OC[C@@H]32)C1=O. The van der Waals surface area contributed by atoms with Crippen molar-refractivity contribution in [3.8, 4) is 5.75 Å². The molecule has 2 heterocycles. The van der Waals surface area contributed by atoms with Gasteiger partial charge >= 0.3 is 6.09 Å². The monoisotopic (exact) mass is 537 g/mol. The number of phenols is 1. The van der Waals surface area contributed by atoms with Crippen molar-refractivity contribution in [1.82, 2.24) is 4.90 Å². The zero-order valence-corrected chi connectivity index (χ0v) is 22.5. The van der Waals surface area contributed by atoms with E-state index in [0.29, 0.717) is 24.3 Å². The normalized spacial score (nSPS) is 24.4. The van der Waals surface area contributed by atoms with Crippen LogP contribution < -0.4 is 0 Å². The number of aromatic hydroxyl groups is 1. The summed E-state index contributed by atoms with van der Waals surface area (Å²) in [5.41, 5.74) is 5.42. The molecule has 40 heavy (non-hydrogen) atoms. The lowest BCUT2D eigenvalue weighted by Gasteiger charge is -2.30. The molecule has 7 nitrogen and oxygen atoms in total. The Hall–Kier alpha value is -4.23. The molecular formula is C33H31NO6. The van der Waals surface area contributed by atoms with E-state index in [0.717, 1.165) is 45.0 Å². The number of phenolic OH excluding ortho intramolecular Hbond substituents is 1. The zero-order chi connectivity index (χ0) is 28.0. The number of rotatable bonds is 5. The number of nitrogens with zero attached hydrogens (tertiary/aromatic N) is 1. The van der Waals surface area contributed by atoms with Gasteiger partial charge in [0.05, 0.1) is 31.7 Å². The van der Waals surface area contributed by atoms with Gasteiger partial charge in [-0.15, -0.1) is 0 Å². The summed E-state index contributed by atoms with van der Waals surface area (Å²) < 4.78 is 11.0. The Morgan fingerprint density at radius 1 is 1.00 bits per heavy atom. The Bertz CT molecular complexity index is 1570. The summed E-state index contributed by atoms with van der Waals surface area (Å²) in [6.07, 6.45) is 2.95. The number of allylic oxidation sites excluding steroid dienone is 2. The van der Waals surface area contributed by atoms with Gasteiger partial charge in [-0.2, -0.15) is 4.90 Å². The molecular weight excluding hydrogens is 506 g/mol. The van der Waals surface area contributed by atoms with Gasteiger partial charge in [0, 0.05) is 11.3 Å². The number of methoxy groups -OCH3 is 1. The highest BCUT2D eigenvalue weighted by atomic mass is 16.5. The number of carbonyl (C=O) groups excluding carboxylic acids is 3. The van der Waals surface area contributed by atoms with Gasteiger partial charge in [-0.05, 0) is 59.9 Å². The van der Waals surface area contributed by atoms with Crippen LogP contribution in [0.5, 0.6) is 5.75 Å². The highest BCUT2D eigenvalue weighted by Crippen LogP contribution is 2.50. The van der Waals surface area contributed by atoms with E-state index in [1.54, 1.807) is 6.07 Å². The molecule has 1 N–H and O–H groups in total. The van der Waals surface area contributed by atoms with Crippen molar-refractivity contribution in [2.45, 2.75) is 32.3 Å². The fourth-order valence-corrected chi connectivity index (χ4v) is 6.76. The molecule has 1 aliphatic carbocycles. The third kappa shape index (κ3) is 4.31. The highest BCUT2D eigenvalue weighted by Gasteiger charge is 2.58. The Morgan fingerprint density at radius 2 is 1.73 bits per heavy atom. The summed E-state index contributed by atoms with van der Waals surface area (Å²) in [5.74, 6) is -2.07. The van der Waals surface area contributed by atoms with Crippen LogP contribution in [0.2, 0.25) is 0 Å². The number of carbonyl (C=O) groups is 3. The van der Waals surface area contributed by atoms with Gasteiger partial charge < -0.3 is 14.6 Å². The van der Waals surface area contributed by atoms with Crippen LogP contribution in [0.1, 0.15) is 37.3 Å². The molecule has 0 bridgehead atoms. The van der Waals surface area contributed by atoms with Gasteiger partial charge in [0.2, 0.25) is 11.8 Å². The maximum absolute atomic E-state index is 13.2. The predicted octanol–water partition coefficient (Wildman–Crippen LogP) is 5.97. The summed E-state index contributed by atoms with van der Waals surface area (Å²) in [5, 5.41) is 12.2. The quantitative estimate of drug-likeness (QED) is 0.245. The Balaban J connectivity index is 1.29. The third-order valence-corrected chi connectivity index (χ3v) is 8.59. The molecule has 7 heteroatoms. The van der Waals surface area contributed by atoms with E-state index < -0.39 is 29.7 Å². The smallest absolute Gasteiger partial charge is 0.423 e. The second-order valence-corrected chi connectivity index (χ2v) is 10.8. The molecule has 3 aromatic carbocycles. The summed E-state index contributed by atoms with van der Waals surface area (Å²) in [7, 11) is 1.17. The molecule has 204 valence electrons. The van der Waals surface area contributed by atoms with Crippen LogP contribution in [0.3, 0.4) is 0 Å². The molecule has 0 spiro atoms. The average Bonchev–Trinajstić information content (AvgIpc) is 3.51. The van der Waals surface area contributed by atoms with Crippen LogP contribution in [0.15, 0.2) is 77.9 Å². The molecule has 0 aromatic heterocycles. The van der Waals surface area contributed by atoms with Crippen LogP contribution in [-0.4, -0.2) is 47.7 Å². The number of ether oxygens (including phenoxy) is 2. The minimum absolute atomic E-state index is 0.176. The number of hydrogen-bond donors (Lipinski definition) is 1. The van der Waals surface area contributed by atoms with Crippen molar-refractivity contribution in [3.63, 3.8) is 0 Å². The lowest BCUT2D eigenvalue weighted by molar-refractivity contribution is -0.137. The first-order valence-electron chi connectivity index (χ1n) is 13.6. The summed E-state index contributed by atoms with van der Waals surface area (Å²) in [6.45, 7) is 2.36. The maximum Gasteiger partial charge on any atom is 0.423 e. The minimum atomic E-state index is -0.918. The Kier molecular flexibility index (Phi) is 6.76. The molecule has 2 fully saturated rings. The Morgan fingerprint density at radius 3 is 2.48 bits per heavy atom. The number of benzene rings is 3. The van der Waals surface area contributed by atoms with Crippen molar-refractivity contribution in [3.05, 3.63) is 89.0 Å². The molecule has 2 saturated heterocycles. The van der Waals surface area contributed by atoms with E-state index in [4.69, 9.17) is 9.47 Å². The Labute approximate surface area is 232 Å². The van der Waals surface area contributed by atoms with Crippen molar-refractivity contribution in [1.29, 1.82) is 0 Å². The summed E-state index contributed by atoms with van der Waals surface area (Å²) in [4.78, 5) is 39.0. The van der Waals surface area contributed by atoms with Crippen molar-refractivity contribution in [2.24, 2.45) is 17.8 Å². The van der Waals surface area contributed by atoms with Crippen LogP contribution in [0.25, 0.3) is 22.4 Å². The third-order valence-electron chi connectivity index (χ3n) is 8.59. The molecule has 6 rings (SSSR count). The molecule has 4 atom stereocenters. The predicted molar refractivity (Wildman–Crippen MR) is 151 cm³/mol. The average molecular weight is 538 g/mol.